The number of aryl methyl sites for hydroxylation is 1. The Hall–Kier alpha value is -0.870. The SMILES string of the molecule is COC(=O)c1sccc1CCC1(N)CC1. The van der Waals surface area contributed by atoms with Gasteiger partial charge < -0.3 is 10.5 Å². The Labute approximate surface area is 93.2 Å². The number of ether oxygens (including phenoxy) is 1. The van der Waals surface area contributed by atoms with E-state index in [0.717, 1.165) is 36.1 Å². The van der Waals surface area contributed by atoms with Crippen LogP contribution in [0.2, 0.25) is 0 Å². The van der Waals surface area contributed by atoms with Crippen molar-refractivity contribution in [1.29, 1.82) is 0 Å². The molecule has 1 heterocycles. The summed E-state index contributed by atoms with van der Waals surface area (Å²) in [6, 6.07) is 1.99. The number of esters is 1. The van der Waals surface area contributed by atoms with Crippen LogP contribution < -0.4 is 5.73 Å². The van der Waals surface area contributed by atoms with Crippen LogP contribution in [0.3, 0.4) is 0 Å². The minimum atomic E-state index is -0.234. The quantitative estimate of drug-likeness (QED) is 0.797. The molecule has 2 N–H and O–H groups in total. The fourth-order valence-corrected chi connectivity index (χ4v) is 2.47. The van der Waals surface area contributed by atoms with Crippen LogP contribution in [0.5, 0.6) is 0 Å². The summed E-state index contributed by atoms with van der Waals surface area (Å²) in [5, 5.41) is 1.93. The molecule has 0 unspecified atom stereocenters. The molecule has 1 aromatic heterocycles. The van der Waals surface area contributed by atoms with Crippen LogP contribution in [0, 0.1) is 0 Å². The second-order valence-corrected chi connectivity index (χ2v) is 5.05. The van der Waals surface area contributed by atoms with Gasteiger partial charge in [0.2, 0.25) is 0 Å². The lowest BCUT2D eigenvalue weighted by Crippen LogP contribution is -2.22. The van der Waals surface area contributed by atoms with E-state index in [0.29, 0.717) is 0 Å². The number of nitrogens with two attached hydrogens (primary N) is 1. The lowest BCUT2D eigenvalue weighted by Gasteiger charge is -2.07. The number of hydrogen-bond acceptors (Lipinski definition) is 4. The van der Waals surface area contributed by atoms with Crippen molar-refractivity contribution in [2.75, 3.05) is 7.11 Å². The molecule has 0 atom stereocenters. The van der Waals surface area contributed by atoms with Crippen LogP contribution in [0.1, 0.15) is 34.5 Å². The fraction of sp³-hybridized carbons (Fsp3) is 0.545. The average Bonchev–Trinajstić information content (AvgIpc) is 2.81. The normalized spacial score (nSPS) is 17.5. The van der Waals surface area contributed by atoms with E-state index < -0.39 is 0 Å². The number of methoxy groups -OCH3 is 1. The highest BCUT2D eigenvalue weighted by atomic mass is 32.1. The molecule has 0 radical (unpaired) electrons. The topological polar surface area (TPSA) is 52.3 Å². The van der Waals surface area contributed by atoms with Crippen molar-refractivity contribution < 1.29 is 9.53 Å². The van der Waals surface area contributed by atoms with E-state index in [9.17, 15) is 4.79 Å². The summed E-state index contributed by atoms with van der Waals surface area (Å²) in [6.07, 6.45) is 4.08. The largest absolute Gasteiger partial charge is 0.465 e. The molecular weight excluding hydrogens is 210 g/mol. The lowest BCUT2D eigenvalue weighted by atomic mass is 10.1. The van der Waals surface area contributed by atoms with Gasteiger partial charge >= 0.3 is 5.97 Å². The summed E-state index contributed by atoms with van der Waals surface area (Å²) in [7, 11) is 1.41. The van der Waals surface area contributed by atoms with Gasteiger partial charge in [-0.25, -0.2) is 4.79 Å². The summed E-state index contributed by atoms with van der Waals surface area (Å²) in [4.78, 5) is 12.1. The molecule has 0 spiro atoms. The van der Waals surface area contributed by atoms with Gasteiger partial charge in [-0.1, -0.05) is 0 Å². The molecule has 1 fully saturated rings. The number of hydrogen-bond donors (Lipinski definition) is 1. The van der Waals surface area contributed by atoms with Crippen LogP contribution in [0.15, 0.2) is 11.4 Å². The maximum Gasteiger partial charge on any atom is 0.348 e. The van der Waals surface area contributed by atoms with Crippen molar-refractivity contribution in [2.24, 2.45) is 5.73 Å². The summed E-state index contributed by atoms with van der Waals surface area (Å²) >= 11 is 1.44. The first-order valence-corrected chi connectivity index (χ1v) is 5.96. The minimum absolute atomic E-state index is 0.0509. The first-order chi connectivity index (χ1) is 7.14. The standard InChI is InChI=1S/C11H15NO2S/c1-14-10(13)9-8(3-7-15-9)2-4-11(12)5-6-11/h3,7H,2,4-6,12H2,1H3. The molecule has 1 aliphatic rings. The van der Waals surface area contributed by atoms with Crippen LogP contribution in [-0.2, 0) is 11.2 Å². The van der Waals surface area contributed by atoms with Crippen molar-refractivity contribution in [3.8, 4) is 0 Å². The number of thiophene rings is 1. The number of carbonyl (C=O) groups excluding carboxylic acids is 1. The molecule has 0 aliphatic heterocycles. The van der Waals surface area contributed by atoms with Crippen LogP contribution in [0.4, 0.5) is 0 Å². The highest BCUT2D eigenvalue weighted by Gasteiger charge is 2.37. The van der Waals surface area contributed by atoms with Crippen LogP contribution in [-0.4, -0.2) is 18.6 Å². The van der Waals surface area contributed by atoms with E-state index in [-0.39, 0.29) is 11.5 Å². The van der Waals surface area contributed by atoms with Crippen molar-refractivity contribution >= 4 is 17.3 Å². The Morgan fingerprint density at radius 1 is 1.67 bits per heavy atom. The summed E-state index contributed by atoms with van der Waals surface area (Å²) < 4.78 is 4.72. The highest BCUT2D eigenvalue weighted by molar-refractivity contribution is 7.12. The van der Waals surface area contributed by atoms with Crippen molar-refractivity contribution in [1.82, 2.24) is 0 Å². The molecule has 0 bridgehead atoms. The van der Waals surface area contributed by atoms with Gasteiger partial charge in [0.25, 0.3) is 0 Å². The van der Waals surface area contributed by atoms with Gasteiger partial charge in [-0.2, -0.15) is 0 Å². The summed E-state index contributed by atoms with van der Waals surface area (Å²) in [5.74, 6) is -0.234. The van der Waals surface area contributed by atoms with Crippen molar-refractivity contribution in [3.63, 3.8) is 0 Å². The predicted octanol–water partition coefficient (Wildman–Crippen LogP) is 1.96. The smallest absolute Gasteiger partial charge is 0.348 e. The van der Waals surface area contributed by atoms with Gasteiger partial charge in [-0.3, -0.25) is 0 Å². The third-order valence-corrected chi connectivity index (χ3v) is 3.84. The zero-order valence-electron chi connectivity index (χ0n) is 8.79. The Morgan fingerprint density at radius 3 is 3.00 bits per heavy atom. The first-order valence-electron chi connectivity index (χ1n) is 5.08. The third-order valence-electron chi connectivity index (χ3n) is 2.90. The predicted molar refractivity (Wildman–Crippen MR) is 60.1 cm³/mol. The Bertz CT molecular complexity index is 368. The molecule has 1 aromatic rings. The van der Waals surface area contributed by atoms with E-state index in [2.05, 4.69) is 0 Å². The van der Waals surface area contributed by atoms with E-state index in [1.807, 2.05) is 11.4 Å². The monoisotopic (exact) mass is 225 g/mol. The minimum Gasteiger partial charge on any atom is -0.465 e. The van der Waals surface area contributed by atoms with E-state index in [4.69, 9.17) is 10.5 Å². The highest BCUT2D eigenvalue weighted by Crippen LogP contribution is 2.37. The summed E-state index contributed by atoms with van der Waals surface area (Å²) in [6.45, 7) is 0. The molecule has 2 rings (SSSR count). The first kappa shape index (κ1) is 10.6. The molecule has 15 heavy (non-hydrogen) atoms. The maximum absolute atomic E-state index is 11.4. The second kappa shape index (κ2) is 3.94. The van der Waals surface area contributed by atoms with Crippen LogP contribution >= 0.6 is 11.3 Å². The number of carbonyl (C=O) groups is 1. The molecular formula is C11H15NO2S. The molecule has 82 valence electrons. The molecule has 1 saturated carbocycles. The summed E-state index contributed by atoms with van der Waals surface area (Å²) in [5.41, 5.74) is 7.13. The Kier molecular flexibility index (Phi) is 2.80. The van der Waals surface area contributed by atoms with E-state index >= 15 is 0 Å². The molecule has 1 aliphatic carbocycles. The van der Waals surface area contributed by atoms with Gasteiger partial charge in [-0.05, 0) is 42.7 Å². The van der Waals surface area contributed by atoms with Crippen molar-refractivity contribution in [2.45, 2.75) is 31.2 Å². The number of rotatable bonds is 4. The van der Waals surface area contributed by atoms with Gasteiger partial charge in [0.15, 0.2) is 0 Å². The van der Waals surface area contributed by atoms with Gasteiger partial charge in [0.05, 0.1) is 7.11 Å². The molecule has 4 heteroatoms. The van der Waals surface area contributed by atoms with E-state index in [1.54, 1.807) is 0 Å². The van der Waals surface area contributed by atoms with Crippen LogP contribution in [0.25, 0.3) is 0 Å². The molecule has 0 saturated heterocycles. The Balaban J connectivity index is 2.01. The third kappa shape index (κ3) is 2.38. The van der Waals surface area contributed by atoms with Gasteiger partial charge in [0.1, 0.15) is 4.88 Å². The maximum atomic E-state index is 11.4. The Morgan fingerprint density at radius 2 is 2.40 bits per heavy atom. The average molecular weight is 225 g/mol. The van der Waals surface area contributed by atoms with Gasteiger partial charge in [-0.15, -0.1) is 11.3 Å². The fourth-order valence-electron chi connectivity index (χ4n) is 1.60. The molecule has 0 amide bonds. The zero-order valence-corrected chi connectivity index (χ0v) is 9.60. The van der Waals surface area contributed by atoms with Crippen molar-refractivity contribution in [3.05, 3.63) is 21.9 Å². The molecule has 0 aromatic carbocycles. The van der Waals surface area contributed by atoms with E-state index in [1.165, 1.54) is 18.4 Å². The lowest BCUT2D eigenvalue weighted by molar-refractivity contribution is 0.0605. The zero-order chi connectivity index (χ0) is 10.9. The second-order valence-electron chi connectivity index (χ2n) is 4.13. The van der Waals surface area contributed by atoms with Gasteiger partial charge in [0, 0.05) is 5.54 Å². The molecule has 3 nitrogen and oxygen atoms in total.